The molecule has 0 bridgehead atoms. The zero-order valence-electron chi connectivity index (χ0n) is 13.0. The minimum atomic E-state index is -2.44. The van der Waals surface area contributed by atoms with Crippen molar-refractivity contribution in [3.63, 3.8) is 0 Å². The highest BCUT2D eigenvalue weighted by Gasteiger charge is 2.42. The Hall–Kier alpha value is 0.0569. The fraction of sp³-hybridized carbons (Fsp3) is 1.00. The predicted octanol–water partition coefficient (Wildman–Crippen LogP) is 3.24. The molecule has 0 aromatic heterocycles. The second-order valence-corrected chi connectivity index (χ2v) is 7.91. The van der Waals surface area contributed by atoms with E-state index in [2.05, 4.69) is 6.92 Å². The fourth-order valence-corrected chi connectivity index (χ4v) is 5.21. The zero-order valence-corrected chi connectivity index (χ0v) is 14.0. The first-order valence-electron chi connectivity index (χ1n) is 7.65. The summed E-state index contributed by atoms with van der Waals surface area (Å²) < 4.78 is 23.0. The molecule has 1 saturated heterocycles. The smallest absolute Gasteiger partial charge is 0.380 e. The molecule has 1 aliphatic heterocycles. The molecule has 4 nitrogen and oxygen atoms in total. The summed E-state index contributed by atoms with van der Waals surface area (Å²) in [6, 6.07) is 0.921. The van der Waals surface area contributed by atoms with Crippen LogP contribution in [0.15, 0.2) is 0 Å². The maximum Gasteiger partial charge on any atom is 0.500 e. The fourth-order valence-electron chi connectivity index (χ4n) is 2.60. The maximum absolute atomic E-state index is 5.87. The largest absolute Gasteiger partial charge is 0.500 e. The molecule has 0 radical (unpaired) electrons. The molecule has 0 aromatic carbocycles. The highest BCUT2D eigenvalue weighted by Crippen LogP contribution is 2.37. The van der Waals surface area contributed by atoms with Gasteiger partial charge in [-0.3, -0.25) is 0 Å². The van der Waals surface area contributed by atoms with Crippen molar-refractivity contribution in [2.75, 3.05) is 33.0 Å². The van der Waals surface area contributed by atoms with Gasteiger partial charge in [0.05, 0.1) is 13.2 Å². The van der Waals surface area contributed by atoms with Crippen LogP contribution in [-0.4, -0.2) is 41.8 Å². The molecule has 114 valence electrons. The van der Waals surface area contributed by atoms with Crippen LogP contribution in [0.1, 0.15) is 47.0 Å². The number of hydrogen-bond donors (Lipinski definition) is 0. The van der Waals surface area contributed by atoms with Gasteiger partial charge in [0.15, 0.2) is 0 Å². The summed E-state index contributed by atoms with van der Waals surface area (Å²) in [7, 11) is -2.44. The Bertz CT molecular complexity index is 221. The average molecular weight is 290 g/mol. The molecule has 0 saturated carbocycles. The van der Waals surface area contributed by atoms with Crippen LogP contribution < -0.4 is 0 Å². The van der Waals surface area contributed by atoms with E-state index in [1.54, 1.807) is 0 Å². The first-order chi connectivity index (χ1) is 9.16. The van der Waals surface area contributed by atoms with Crippen molar-refractivity contribution >= 4 is 8.80 Å². The molecule has 1 fully saturated rings. The number of hydrogen-bond acceptors (Lipinski definition) is 4. The van der Waals surface area contributed by atoms with Crippen molar-refractivity contribution in [1.82, 2.24) is 0 Å². The normalized spacial score (nSPS) is 18.3. The topological polar surface area (TPSA) is 36.9 Å². The van der Waals surface area contributed by atoms with E-state index in [0.717, 1.165) is 25.7 Å². The lowest BCUT2D eigenvalue weighted by Crippen LogP contribution is -2.47. The van der Waals surface area contributed by atoms with Gasteiger partial charge in [-0.05, 0) is 40.0 Å². The maximum atomic E-state index is 5.87. The molecule has 1 heterocycles. The molecule has 0 amide bonds. The van der Waals surface area contributed by atoms with Crippen LogP contribution in [0.5, 0.6) is 0 Å². The highest BCUT2D eigenvalue weighted by molar-refractivity contribution is 6.60. The van der Waals surface area contributed by atoms with Crippen molar-refractivity contribution < 1.29 is 18.0 Å². The molecule has 0 atom stereocenters. The van der Waals surface area contributed by atoms with Crippen molar-refractivity contribution in [1.29, 1.82) is 0 Å². The third-order valence-electron chi connectivity index (χ3n) is 3.85. The van der Waals surface area contributed by atoms with E-state index >= 15 is 0 Å². The first-order valence-corrected chi connectivity index (χ1v) is 9.58. The van der Waals surface area contributed by atoms with Crippen molar-refractivity contribution in [2.45, 2.75) is 53.0 Å². The Morgan fingerprint density at radius 3 is 1.79 bits per heavy atom. The van der Waals surface area contributed by atoms with Crippen molar-refractivity contribution in [2.24, 2.45) is 5.41 Å². The van der Waals surface area contributed by atoms with Crippen LogP contribution in [0.4, 0.5) is 0 Å². The van der Waals surface area contributed by atoms with Gasteiger partial charge in [0.1, 0.15) is 0 Å². The minimum absolute atomic E-state index is 0.408. The molecular formula is C14H30O4Si. The summed E-state index contributed by atoms with van der Waals surface area (Å²) >= 11 is 0. The van der Waals surface area contributed by atoms with Gasteiger partial charge in [0.25, 0.3) is 0 Å². The molecule has 0 aliphatic carbocycles. The molecular weight excluding hydrogens is 260 g/mol. The highest BCUT2D eigenvalue weighted by atomic mass is 28.4. The first kappa shape index (κ1) is 17.1. The average Bonchev–Trinajstić information content (AvgIpc) is 2.34. The van der Waals surface area contributed by atoms with E-state index in [-0.39, 0.29) is 0 Å². The quantitative estimate of drug-likeness (QED) is 0.547. The number of rotatable bonds is 11. The van der Waals surface area contributed by atoms with Crippen LogP contribution in [-0.2, 0) is 18.0 Å². The molecule has 5 heteroatoms. The zero-order chi connectivity index (χ0) is 14.2. The predicted molar refractivity (Wildman–Crippen MR) is 78.2 cm³/mol. The summed E-state index contributed by atoms with van der Waals surface area (Å²) in [6.07, 6.45) is 3.48. The van der Waals surface area contributed by atoms with Gasteiger partial charge in [0, 0.05) is 31.3 Å². The summed E-state index contributed by atoms with van der Waals surface area (Å²) in [5, 5.41) is 0. The van der Waals surface area contributed by atoms with Crippen LogP contribution in [0.2, 0.25) is 6.04 Å². The molecule has 0 N–H and O–H groups in total. The molecule has 1 rings (SSSR count). The Labute approximate surface area is 119 Å². The van der Waals surface area contributed by atoms with E-state index in [0.29, 0.717) is 25.2 Å². The van der Waals surface area contributed by atoms with Gasteiger partial charge < -0.3 is 18.0 Å². The van der Waals surface area contributed by atoms with E-state index < -0.39 is 8.80 Å². The van der Waals surface area contributed by atoms with E-state index in [1.807, 2.05) is 20.8 Å². The third-order valence-corrected chi connectivity index (χ3v) is 7.00. The molecule has 19 heavy (non-hydrogen) atoms. The molecule has 0 spiro atoms. The lowest BCUT2D eigenvalue weighted by atomic mass is 9.79. The summed E-state index contributed by atoms with van der Waals surface area (Å²) in [5.41, 5.74) is 0.408. The van der Waals surface area contributed by atoms with Crippen molar-refractivity contribution in [3.05, 3.63) is 0 Å². The Kier molecular flexibility index (Phi) is 7.53. The second kappa shape index (κ2) is 8.37. The standard InChI is InChI=1S/C14H30O4Si/c1-5-14(12-15-13-14)10-9-11-19(16-6-2,17-7-3)18-8-4/h5-13H2,1-4H3. The van der Waals surface area contributed by atoms with Gasteiger partial charge in [-0.15, -0.1) is 0 Å². The molecule has 0 unspecified atom stereocenters. The summed E-state index contributed by atoms with van der Waals surface area (Å²) in [5.74, 6) is 0. The Morgan fingerprint density at radius 2 is 1.47 bits per heavy atom. The third kappa shape index (κ3) is 4.83. The Balaban J connectivity index is 2.46. The monoisotopic (exact) mass is 290 g/mol. The lowest BCUT2D eigenvalue weighted by Gasteiger charge is -2.41. The minimum Gasteiger partial charge on any atom is -0.380 e. The van der Waals surface area contributed by atoms with Crippen LogP contribution in [0.3, 0.4) is 0 Å². The van der Waals surface area contributed by atoms with E-state index in [1.165, 1.54) is 12.8 Å². The Morgan fingerprint density at radius 1 is 0.947 bits per heavy atom. The van der Waals surface area contributed by atoms with Crippen LogP contribution in [0, 0.1) is 5.41 Å². The number of ether oxygens (including phenoxy) is 1. The van der Waals surface area contributed by atoms with Gasteiger partial charge in [-0.2, -0.15) is 0 Å². The van der Waals surface area contributed by atoms with E-state index in [9.17, 15) is 0 Å². The van der Waals surface area contributed by atoms with Crippen molar-refractivity contribution in [3.8, 4) is 0 Å². The van der Waals surface area contributed by atoms with Crippen LogP contribution in [0.25, 0.3) is 0 Å². The van der Waals surface area contributed by atoms with Crippen LogP contribution >= 0.6 is 0 Å². The van der Waals surface area contributed by atoms with Gasteiger partial charge in [0.2, 0.25) is 0 Å². The SMILES string of the molecule is CCO[Si](CCCC1(CC)COC1)(OCC)OCC. The van der Waals surface area contributed by atoms with E-state index in [4.69, 9.17) is 18.0 Å². The molecule has 1 aliphatic rings. The lowest BCUT2D eigenvalue weighted by molar-refractivity contribution is -0.119. The second-order valence-electron chi connectivity index (χ2n) is 5.18. The summed E-state index contributed by atoms with van der Waals surface area (Å²) in [6.45, 7) is 12.1. The van der Waals surface area contributed by atoms with Gasteiger partial charge in [-0.1, -0.05) is 6.92 Å². The van der Waals surface area contributed by atoms with Gasteiger partial charge >= 0.3 is 8.80 Å². The summed E-state index contributed by atoms with van der Waals surface area (Å²) in [4.78, 5) is 0. The molecule has 0 aromatic rings. The van der Waals surface area contributed by atoms with Gasteiger partial charge in [-0.25, -0.2) is 0 Å².